The van der Waals surface area contributed by atoms with Gasteiger partial charge in [0, 0.05) is 30.1 Å². The van der Waals surface area contributed by atoms with E-state index in [9.17, 15) is 13.6 Å². The van der Waals surface area contributed by atoms with E-state index in [1.165, 1.54) is 6.07 Å². The Kier molecular flexibility index (Phi) is 4.92. The predicted octanol–water partition coefficient (Wildman–Crippen LogP) is 3.69. The number of aromatic nitrogens is 2. The molecule has 0 saturated carbocycles. The highest BCUT2D eigenvalue weighted by Gasteiger charge is 2.28. The quantitative estimate of drug-likeness (QED) is 0.795. The number of amides is 1. The number of hydrogen-bond donors (Lipinski definition) is 0. The minimum atomic E-state index is -0.949. The van der Waals surface area contributed by atoms with Crippen LogP contribution in [0, 0.1) is 11.6 Å². The average molecular weight is 347 g/mol. The lowest BCUT2D eigenvalue weighted by atomic mass is 9.96. The maximum Gasteiger partial charge on any atom is 0.249 e. The normalized spacial score (nSPS) is 16.3. The number of carbonyl (C=O) groups excluding carboxylic acids is 1. The molecule has 3 rings (SSSR count). The highest BCUT2D eigenvalue weighted by Crippen LogP contribution is 2.29. The zero-order valence-electron chi connectivity index (χ0n) is 14.1. The summed E-state index contributed by atoms with van der Waals surface area (Å²) in [6, 6.07) is 3.49. The number of carbonyl (C=O) groups is 1. The molecule has 25 heavy (non-hydrogen) atoms. The maximum atomic E-state index is 13.3. The van der Waals surface area contributed by atoms with Crippen molar-refractivity contribution in [3.63, 3.8) is 0 Å². The summed E-state index contributed by atoms with van der Waals surface area (Å²) in [6.07, 6.45) is 3.25. The van der Waals surface area contributed by atoms with Crippen molar-refractivity contribution in [3.8, 4) is 11.4 Å². The van der Waals surface area contributed by atoms with Gasteiger partial charge in [-0.05, 0) is 44.9 Å². The lowest BCUT2D eigenvalue weighted by Crippen LogP contribution is -2.38. The summed E-state index contributed by atoms with van der Waals surface area (Å²) in [5.74, 6) is -1.06. The fourth-order valence-electron chi connectivity index (χ4n) is 2.86. The molecule has 0 aliphatic carbocycles. The molecule has 0 spiro atoms. The molecule has 0 radical (unpaired) electrons. The van der Waals surface area contributed by atoms with E-state index in [0.29, 0.717) is 24.5 Å². The van der Waals surface area contributed by atoms with Crippen LogP contribution in [0.15, 0.2) is 34.4 Å². The molecular formula is C18H19F2N3O2. The second-order valence-electron chi connectivity index (χ2n) is 6.12. The van der Waals surface area contributed by atoms with E-state index in [-0.39, 0.29) is 17.6 Å². The first-order valence-corrected chi connectivity index (χ1v) is 8.20. The van der Waals surface area contributed by atoms with Crippen molar-refractivity contribution in [3.05, 3.63) is 47.4 Å². The Hall–Kier alpha value is -2.57. The SMILES string of the molecule is C/C=C(\C)C(=O)N1CCC(c2nc(-c3ccc(F)c(F)c3)no2)CC1. The Bertz CT molecular complexity index is 808. The summed E-state index contributed by atoms with van der Waals surface area (Å²) >= 11 is 0. The van der Waals surface area contributed by atoms with Gasteiger partial charge in [0.1, 0.15) is 0 Å². The largest absolute Gasteiger partial charge is 0.339 e. The van der Waals surface area contributed by atoms with Crippen LogP contribution in [0.4, 0.5) is 8.78 Å². The van der Waals surface area contributed by atoms with Crippen LogP contribution in [0.5, 0.6) is 0 Å². The molecule has 132 valence electrons. The van der Waals surface area contributed by atoms with Crippen LogP contribution in [0.3, 0.4) is 0 Å². The van der Waals surface area contributed by atoms with Crippen molar-refractivity contribution in [2.75, 3.05) is 13.1 Å². The average Bonchev–Trinajstić information content (AvgIpc) is 3.13. The Morgan fingerprint density at radius 1 is 1.28 bits per heavy atom. The van der Waals surface area contributed by atoms with Crippen molar-refractivity contribution in [1.82, 2.24) is 15.0 Å². The van der Waals surface area contributed by atoms with Gasteiger partial charge >= 0.3 is 0 Å². The minimum absolute atomic E-state index is 0.0500. The van der Waals surface area contributed by atoms with Crippen LogP contribution in [0.1, 0.15) is 38.5 Å². The van der Waals surface area contributed by atoms with Crippen molar-refractivity contribution < 1.29 is 18.1 Å². The molecule has 7 heteroatoms. The van der Waals surface area contributed by atoms with Crippen molar-refractivity contribution in [1.29, 1.82) is 0 Å². The van der Waals surface area contributed by atoms with E-state index >= 15 is 0 Å². The van der Waals surface area contributed by atoms with Gasteiger partial charge in [0.05, 0.1) is 0 Å². The second-order valence-corrected chi connectivity index (χ2v) is 6.12. The fraction of sp³-hybridized carbons (Fsp3) is 0.389. The van der Waals surface area contributed by atoms with Gasteiger partial charge in [-0.25, -0.2) is 8.78 Å². The first-order valence-electron chi connectivity index (χ1n) is 8.20. The van der Waals surface area contributed by atoms with Gasteiger partial charge in [-0.3, -0.25) is 4.79 Å². The number of rotatable bonds is 3. The number of allylic oxidation sites excluding steroid dienone is 1. The van der Waals surface area contributed by atoms with Crippen LogP contribution >= 0.6 is 0 Å². The summed E-state index contributed by atoms with van der Waals surface area (Å²) in [5, 5.41) is 3.86. The Morgan fingerprint density at radius 3 is 2.64 bits per heavy atom. The lowest BCUT2D eigenvalue weighted by molar-refractivity contribution is -0.128. The second kappa shape index (κ2) is 7.13. The van der Waals surface area contributed by atoms with Gasteiger partial charge < -0.3 is 9.42 Å². The monoisotopic (exact) mass is 347 g/mol. The van der Waals surface area contributed by atoms with Gasteiger partial charge in [-0.1, -0.05) is 11.2 Å². The van der Waals surface area contributed by atoms with E-state index in [2.05, 4.69) is 10.1 Å². The molecule has 0 bridgehead atoms. The van der Waals surface area contributed by atoms with E-state index < -0.39 is 11.6 Å². The molecule has 1 aliphatic rings. The zero-order chi connectivity index (χ0) is 18.0. The number of hydrogen-bond acceptors (Lipinski definition) is 4. The molecular weight excluding hydrogens is 328 g/mol. The van der Waals surface area contributed by atoms with E-state index in [0.717, 1.165) is 30.5 Å². The van der Waals surface area contributed by atoms with Crippen molar-refractivity contribution in [2.24, 2.45) is 0 Å². The number of piperidine rings is 1. The smallest absolute Gasteiger partial charge is 0.249 e. The third-order valence-corrected chi connectivity index (χ3v) is 4.52. The standard InChI is InChI=1S/C18H19F2N3O2/c1-3-11(2)18(24)23-8-6-12(7-9-23)17-21-16(22-25-17)13-4-5-14(19)15(20)10-13/h3-5,10,12H,6-9H2,1-2H3/b11-3+. The summed E-state index contributed by atoms with van der Waals surface area (Å²) < 4.78 is 31.7. The number of halogens is 2. The van der Waals surface area contributed by atoms with Gasteiger partial charge in [-0.2, -0.15) is 4.98 Å². The topological polar surface area (TPSA) is 59.2 Å². The highest BCUT2D eigenvalue weighted by atomic mass is 19.2. The van der Waals surface area contributed by atoms with Gasteiger partial charge in [0.25, 0.3) is 0 Å². The molecule has 0 unspecified atom stereocenters. The molecule has 1 aromatic carbocycles. The molecule has 1 amide bonds. The van der Waals surface area contributed by atoms with Gasteiger partial charge in [-0.15, -0.1) is 0 Å². The molecule has 0 atom stereocenters. The number of likely N-dealkylation sites (tertiary alicyclic amines) is 1. The first kappa shape index (κ1) is 17.3. The van der Waals surface area contributed by atoms with Crippen LogP contribution < -0.4 is 0 Å². The van der Waals surface area contributed by atoms with Crippen LogP contribution in [-0.4, -0.2) is 34.0 Å². The summed E-state index contributed by atoms with van der Waals surface area (Å²) in [4.78, 5) is 18.3. The van der Waals surface area contributed by atoms with E-state index in [1.807, 2.05) is 11.8 Å². The first-order chi connectivity index (χ1) is 12.0. The minimum Gasteiger partial charge on any atom is -0.339 e. The lowest BCUT2D eigenvalue weighted by Gasteiger charge is -2.30. The van der Waals surface area contributed by atoms with Crippen LogP contribution in [-0.2, 0) is 4.79 Å². The number of nitrogens with zero attached hydrogens (tertiary/aromatic N) is 3. The van der Waals surface area contributed by atoms with E-state index in [1.54, 1.807) is 13.0 Å². The van der Waals surface area contributed by atoms with Gasteiger partial charge in [0.15, 0.2) is 11.6 Å². The van der Waals surface area contributed by atoms with Crippen molar-refractivity contribution in [2.45, 2.75) is 32.6 Å². The van der Waals surface area contributed by atoms with Crippen LogP contribution in [0.2, 0.25) is 0 Å². The Labute approximate surface area is 144 Å². The summed E-state index contributed by atoms with van der Waals surface area (Å²) in [5.41, 5.74) is 1.10. The fourth-order valence-corrected chi connectivity index (χ4v) is 2.86. The van der Waals surface area contributed by atoms with Crippen LogP contribution in [0.25, 0.3) is 11.4 Å². The Morgan fingerprint density at radius 2 is 2.00 bits per heavy atom. The summed E-state index contributed by atoms with van der Waals surface area (Å²) in [7, 11) is 0. The maximum absolute atomic E-state index is 13.3. The molecule has 1 fully saturated rings. The predicted molar refractivity (Wildman–Crippen MR) is 87.6 cm³/mol. The van der Waals surface area contributed by atoms with E-state index in [4.69, 9.17) is 4.52 Å². The van der Waals surface area contributed by atoms with Gasteiger partial charge in [0.2, 0.25) is 17.6 Å². The summed E-state index contributed by atoms with van der Waals surface area (Å²) in [6.45, 7) is 4.90. The zero-order valence-corrected chi connectivity index (χ0v) is 14.1. The molecule has 2 aromatic rings. The molecule has 2 heterocycles. The molecule has 1 aromatic heterocycles. The number of benzene rings is 1. The molecule has 5 nitrogen and oxygen atoms in total. The third-order valence-electron chi connectivity index (χ3n) is 4.52. The van der Waals surface area contributed by atoms with Crippen molar-refractivity contribution >= 4 is 5.91 Å². The molecule has 1 aliphatic heterocycles. The molecule has 0 N–H and O–H groups in total. The third kappa shape index (κ3) is 3.60. The molecule has 1 saturated heterocycles. The highest BCUT2D eigenvalue weighted by molar-refractivity contribution is 5.92. The Balaban J connectivity index is 1.68.